The van der Waals surface area contributed by atoms with Crippen LogP contribution in [0.15, 0.2) is 6.07 Å². The molecule has 0 aromatic heterocycles. The molecule has 0 heterocycles. The molecule has 76 valence electrons. The van der Waals surface area contributed by atoms with Gasteiger partial charge in [0.25, 0.3) is 0 Å². The molecule has 0 atom stereocenters. The molecule has 0 amide bonds. The molecule has 0 unspecified atom stereocenters. The number of carboxylic acids is 1. The maximum Gasteiger partial charge on any atom is 0.339 e. The van der Waals surface area contributed by atoms with Crippen LogP contribution in [0.1, 0.15) is 22.8 Å². The quantitative estimate of drug-likeness (QED) is 0.828. The topological polar surface area (TPSA) is 57.5 Å². The lowest BCUT2D eigenvalue weighted by Gasteiger charge is -2.08. The van der Waals surface area contributed by atoms with Crippen LogP contribution in [-0.2, 0) is 6.42 Å². The van der Waals surface area contributed by atoms with E-state index in [4.69, 9.17) is 28.3 Å². The average molecular weight is 235 g/mol. The first-order chi connectivity index (χ1) is 6.49. The van der Waals surface area contributed by atoms with Gasteiger partial charge in [-0.15, -0.1) is 0 Å². The molecule has 0 saturated carbocycles. The smallest absolute Gasteiger partial charge is 0.339 e. The van der Waals surface area contributed by atoms with E-state index in [0.29, 0.717) is 12.0 Å². The van der Waals surface area contributed by atoms with Crippen molar-refractivity contribution in [3.8, 4) is 5.75 Å². The highest BCUT2D eigenvalue weighted by Crippen LogP contribution is 2.36. The lowest BCUT2D eigenvalue weighted by atomic mass is 10.1. The van der Waals surface area contributed by atoms with E-state index >= 15 is 0 Å². The van der Waals surface area contributed by atoms with Crippen molar-refractivity contribution >= 4 is 29.2 Å². The number of rotatable bonds is 2. The van der Waals surface area contributed by atoms with Gasteiger partial charge in [-0.3, -0.25) is 0 Å². The first-order valence-corrected chi connectivity index (χ1v) is 4.67. The van der Waals surface area contributed by atoms with E-state index in [2.05, 4.69) is 0 Å². The number of hydrogen-bond donors (Lipinski definition) is 2. The van der Waals surface area contributed by atoms with Gasteiger partial charge in [0.2, 0.25) is 0 Å². The minimum atomic E-state index is -1.26. The molecule has 2 N–H and O–H groups in total. The van der Waals surface area contributed by atoms with Gasteiger partial charge in [-0.25, -0.2) is 4.79 Å². The average Bonchev–Trinajstić information content (AvgIpc) is 2.12. The van der Waals surface area contributed by atoms with Gasteiger partial charge >= 0.3 is 5.97 Å². The van der Waals surface area contributed by atoms with Crippen LogP contribution in [0.2, 0.25) is 10.0 Å². The lowest BCUT2D eigenvalue weighted by molar-refractivity contribution is 0.0693. The highest BCUT2D eigenvalue weighted by atomic mass is 35.5. The van der Waals surface area contributed by atoms with Gasteiger partial charge in [-0.1, -0.05) is 30.1 Å². The maximum atomic E-state index is 10.6. The van der Waals surface area contributed by atoms with Gasteiger partial charge in [0.1, 0.15) is 11.3 Å². The third-order valence-corrected chi connectivity index (χ3v) is 2.62. The summed E-state index contributed by atoms with van der Waals surface area (Å²) in [5, 5.41) is 18.4. The van der Waals surface area contributed by atoms with Crippen LogP contribution in [0, 0.1) is 0 Å². The van der Waals surface area contributed by atoms with Crippen molar-refractivity contribution in [1.29, 1.82) is 0 Å². The molecule has 0 saturated heterocycles. The second-order valence-corrected chi connectivity index (χ2v) is 3.49. The molecule has 0 aliphatic rings. The summed E-state index contributed by atoms with van der Waals surface area (Å²) in [6.45, 7) is 1.81. The Bertz CT molecular complexity index is 388. The van der Waals surface area contributed by atoms with Gasteiger partial charge in [-0.05, 0) is 18.1 Å². The molecule has 0 aliphatic carbocycles. The fraction of sp³-hybridized carbons (Fsp3) is 0.222. The molecule has 0 bridgehead atoms. The van der Waals surface area contributed by atoms with E-state index in [9.17, 15) is 9.90 Å². The van der Waals surface area contributed by atoms with Gasteiger partial charge in [0.05, 0.1) is 5.02 Å². The number of aromatic hydroxyl groups is 1. The maximum absolute atomic E-state index is 10.6. The summed E-state index contributed by atoms with van der Waals surface area (Å²) in [5.41, 5.74) is 0.271. The van der Waals surface area contributed by atoms with Crippen molar-refractivity contribution in [1.82, 2.24) is 0 Å². The SMILES string of the molecule is CCc1c(Cl)cc(C(=O)O)c(O)c1Cl. The summed E-state index contributed by atoms with van der Waals surface area (Å²) in [5.74, 6) is -1.69. The largest absolute Gasteiger partial charge is 0.505 e. The highest BCUT2D eigenvalue weighted by molar-refractivity contribution is 6.37. The lowest BCUT2D eigenvalue weighted by Crippen LogP contribution is -1.99. The first-order valence-electron chi connectivity index (χ1n) is 3.92. The Balaban J connectivity index is 3.47. The van der Waals surface area contributed by atoms with Crippen molar-refractivity contribution in [2.24, 2.45) is 0 Å². The Kier molecular flexibility index (Phi) is 3.24. The first kappa shape index (κ1) is 11.1. The van der Waals surface area contributed by atoms with Gasteiger partial charge < -0.3 is 10.2 Å². The number of carbonyl (C=O) groups is 1. The number of benzene rings is 1. The standard InChI is InChI=1S/C9H8Cl2O3/c1-2-4-6(10)3-5(9(13)14)8(12)7(4)11/h3,12H,2H2,1H3,(H,13,14). The van der Waals surface area contributed by atoms with Crippen molar-refractivity contribution < 1.29 is 15.0 Å². The molecule has 5 heteroatoms. The Hall–Kier alpha value is -0.930. The van der Waals surface area contributed by atoms with Crippen molar-refractivity contribution in [3.05, 3.63) is 27.2 Å². The molecule has 1 aromatic rings. The summed E-state index contributed by atoms with van der Waals surface area (Å²) >= 11 is 11.5. The van der Waals surface area contributed by atoms with E-state index < -0.39 is 11.7 Å². The fourth-order valence-electron chi connectivity index (χ4n) is 1.14. The number of carboxylic acid groups (broad SMARTS) is 1. The molecule has 14 heavy (non-hydrogen) atoms. The van der Waals surface area contributed by atoms with Crippen molar-refractivity contribution in [3.63, 3.8) is 0 Å². The van der Waals surface area contributed by atoms with Gasteiger partial charge in [0.15, 0.2) is 0 Å². The normalized spacial score (nSPS) is 10.2. The molecule has 3 nitrogen and oxygen atoms in total. The van der Waals surface area contributed by atoms with E-state index in [1.54, 1.807) is 0 Å². The number of phenols is 1. The Morgan fingerprint density at radius 1 is 1.50 bits per heavy atom. The number of halogens is 2. The van der Waals surface area contributed by atoms with Crippen LogP contribution >= 0.6 is 23.2 Å². The summed E-state index contributed by atoms with van der Waals surface area (Å²) in [4.78, 5) is 10.6. The Morgan fingerprint density at radius 3 is 2.50 bits per heavy atom. The monoisotopic (exact) mass is 234 g/mol. The third kappa shape index (κ3) is 1.79. The third-order valence-electron chi connectivity index (χ3n) is 1.87. The zero-order valence-electron chi connectivity index (χ0n) is 7.34. The second-order valence-electron chi connectivity index (χ2n) is 2.71. The van der Waals surface area contributed by atoms with Gasteiger partial charge in [-0.2, -0.15) is 0 Å². The highest BCUT2D eigenvalue weighted by Gasteiger charge is 2.18. The fourth-order valence-corrected chi connectivity index (χ4v) is 1.86. The summed E-state index contributed by atoms with van der Waals surface area (Å²) in [6, 6.07) is 1.20. The number of aromatic carboxylic acids is 1. The zero-order chi connectivity index (χ0) is 10.9. The molecule has 0 radical (unpaired) electrons. The van der Waals surface area contributed by atoms with Gasteiger partial charge in [0, 0.05) is 5.02 Å². The summed E-state index contributed by atoms with van der Waals surface area (Å²) in [7, 11) is 0. The van der Waals surface area contributed by atoms with E-state index in [-0.39, 0.29) is 15.6 Å². The van der Waals surface area contributed by atoms with E-state index in [0.717, 1.165) is 0 Å². The Morgan fingerprint density at radius 2 is 2.07 bits per heavy atom. The van der Waals surface area contributed by atoms with Crippen LogP contribution < -0.4 is 0 Å². The molecule has 1 rings (SSSR count). The van der Waals surface area contributed by atoms with Crippen LogP contribution in [0.3, 0.4) is 0 Å². The van der Waals surface area contributed by atoms with Crippen molar-refractivity contribution in [2.75, 3.05) is 0 Å². The molecular weight excluding hydrogens is 227 g/mol. The van der Waals surface area contributed by atoms with Crippen LogP contribution in [0.4, 0.5) is 0 Å². The second kappa shape index (κ2) is 4.07. The minimum absolute atomic E-state index is 0.0115. The summed E-state index contributed by atoms with van der Waals surface area (Å²) in [6.07, 6.45) is 0.533. The van der Waals surface area contributed by atoms with Crippen LogP contribution in [0.25, 0.3) is 0 Å². The predicted octanol–water partition coefficient (Wildman–Crippen LogP) is 2.96. The number of hydrogen-bond acceptors (Lipinski definition) is 2. The van der Waals surface area contributed by atoms with Crippen LogP contribution in [-0.4, -0.2) is 16.2 Å². The van der Waals surface area contributed by atoms with E-state index in [1.807, 2.05) is 6.92 Å². The molecule has 1 aromatic carbocycles. The molecule has 0 spiro atoms. The zero-order valence-corrected chi connectivity index (χ0v) is 8.85. The molecular formula is C9H8Cl2O3. The molecule has 0 fully saturated rings. The predicted molar refractivity (Wildman–Crippen MR) is 54.5 cm³/mol. The van der Waals surface area contributed by atoms with E-state index in [1.165, 1.54) is 6.07 Å². The Labute approximate surface area is 90.9 Å². The van der Waals surface area contributed by atoms with Crippen LogP contribution in [0.5, 0.6) is 5.75 Å². The molecule has 0 aliphatic heterocycles. The summed E-state index contributed by atoms with van der Waals surface area (Å²) < 4.78 is 0. The minimum Gasteiger partial charge on any atom is -0.505 e. The van der Waals surface area contributed by atoms with Crippen molar-refractivity contribution in [2.45, 2.75) is 13.3 Å².